The van der Waals surface area contributed by atoms with Crippen molar-refractivity contribution in [1.29, 1.82) is 0 Å². The lowest BCUT2D eigenvalue weighted by molar-refractivity contribution is 0.0353. The number of hydrogen-bond donors (Lipinski definition) is 0. The van der Waals surface area contributed by atoms with Crippen molar-refractivity contribution in [3.8, 4) is 0 Å². The first-order chi connectivity index (χ1) is 8.83. The summed E-state index contributed by atoms with van der Waals surface area (Å²) in [6.07, 6.45) is 4.68. The molecule has 0 radical (unpaired) electrons. The molecule has 0 spiro atoms. The Balaban J connectivity index is 0.000000771. The summed E-state index contributed by atoms with van der Waals surface area (Å²) in [5.41, 5.74) is 0. The van der Waals surface area contributed by atoms with E-state index in [0.29, 0.717) is 19.3 Å². The zero-order valence-electron chi connectivity index (χ0n) is 12.2. The minimum atomic E-state index is 0.231. The van der Waals surface area contributed by atoms with Crippen molar-refractivity contribution in [3.05, 3.63) is 0 Å². The number of ether oxygens (including phenoxy) is 1. The Bertz CT molecular complexity index is 240. The highest BCUT2D eigenvalue weighted by Crippen LogP contribution is 2.21. The third kappa shape index (κ3) is 3.87. The first-order valence-corrected chi connectivity index (χ1v) is 7.46. The third-order valence-electron chi connectivity index (χ3n) is 3.63. The summed E-state index contributed by atoms with van der Waals surface area (Å²) in [6, 6.07) is 0.693. The van der Waals surface area contributed by atoms with Gasteiger partial charge in [0.2, 0.25) is 0 Å². The van der Waals surface area contributed by atoms with E-state index < -0.39 is 0 Å². The van der Waals surface area contributed by atoms with Crippen LogP contribution in [-0.2, 0) is 4.74 Å². The SMILES string of the molecule is CC.CCC1CCCCN1C(=O)N1CCOCC1. The van der Waals surface area contributed by atoms with Gasteiger partial charge >= 0.3 is 6.03 Å². The van der Waals surface area contributed by atoms with Crippen LogP contribution in [0.25, 0.3) is 0 Å². The second-order valence-electron chi connectivity index (χ2n) is 4.63. The first kappa shape index (κ1) is 15.3. The number of piperidine rings is 1. The number of carbonyl (C=O) groups is 1. The van der Waals surface area contributed by atoms with Gasteiger partial charge in [-0.15, -0.1) is 0 Å². The Morgan fingerprint density at radius 1 is 1.17 bits per heavy atom. The van der Waals surface area contributed by atoms with Gasteiger partial charge in [-0.3, -0.25) is 0 Å². The maximum absolute atomic E-state index is 12.3. The van der Waals surface area contributed by atoms with E-state index in [1.165, 1.54) is 12.8 Å². The molecule has 2 aliphatic heterocycles. The van der Waals surface area contributed by atoms with Crippen molar-refractivity contribution in [1.82, 2.24) is 9.80 Å². The predicted octanol–water partition coefficient (Wildman–Crippen LogP) is 2.73. The van der Waals surface area contributed by atoms with Crippen LogP contribution in [0, 0.1) is 0 Å². The molecule has 2 aliphatic rings. The van der Waals surface area contributed by atoms with E-state index in [4.69, 9.17) is 4.74 Å². The van der Waals surface area contributed by atoms with Crippen molar-refractivity contribution < 1.29 is 9.53 Å². The van der Waals surface area contributed by atoms with Crippen molar-refractivity contribution in [2.75, 3.05) is 32.8 Å². The van der Waals surface area contributed by atoms with Crippen LogP contribution in [0.3, 0.4) is 0 Å². The van der Waals surface area contributed by atoms with Gasteiger partial charge in [0, 0.05) is 25.7 Å². The standard InChI is InChI=1S/C12H22N2O2.C2H6/c1-2-11-5-3-4-6-14(11)12(15)13-7-9-16-10-8-13;1-2/h11H,2-10H2,1H3;1-2H3. The molecule has 0 N–H and O–H groups in total. The van der Waals surface area contributed by atoms with E-state index in [2.05, 4.69) is 11.8 Å². The molecule has 0 aromatic heterocycles. The zero-order chi connectivity index (χ0) is 13.4. The molecule has 1 unspecified atom stereocenters. The van der Waals surface area contributed by atoms with Crippen molar-refractivity contribution >= 4 is 6.03 Å². The number of amides is 2. The van der Waals surface area contributed by atoms with Crippen LogP contribution in [0.1, 0.15) is 46.5 Å². The Morgan fingerprint density at radius 2 is 1.83 bits per heavy atom. The minimum Gasteiger partial charge on any atom is -0.378 e. The molecule has 4 heteroatoms. The Labute approximate surface area is 111 Å². The highest BCUT2D eigenvalue weighted by Gasteiger charge is 2.29. The van der Waals surface area contributed by atoms with Crippen molar-refractivity contribution in [2.45, 2.75) is 52.5 Å². The highest BCUT2D eigenvalue weighted by molar-refractivity contribution is 5.75. The van der Waals surface area contributed by atoms with Crippen LogP contribution >= 0.6 is 0 Å². The fourth-order valence-electron chi connectivity index (χ4n) is 2.61. The Hall–Kier alpha value is -0.770. The molecular weight excluding hydrogens is 228 g/mol. The lowest BCUT2D eigenvalue weighted by atomic mass is 10.0. The predicted molar refractivity (Wildman–Crippen MR) is 73.8 cm³/mol. The van der Waals surface area contributed by atoms with Crippen LogP contribution in [0.2, 0.25) is 0 Å². The normalized spacial score (nSPS) is 24.3. The topological polar surface area (TPSA) is 32.8 Å². The fourth-order valence-corrected chi connectivity index (χ4v) is 2.61. The summed E-state index contributed by atoms with van der Waals surface area (Å²) in [7, 11) is 0. The molecule has 4 nitrogen and oxygen atoms in total. The molecule has 2 amide bonds. The van der Waals surface area contributed by atoms with E-state index in [9.17, 15) is 4.79 Å². The summed E-state index contributed by atoms with van der Waals surface area (Å²) >= 11 is 0. The zero-order valence-corrected chi connectivity index (χ0v) is 12.2. The van der Waals surface area contributed by atoms with Crippen LogP contribution < -0.4 is 0 Å². The molecule has 0 aromatic rings. The van der Waals surface area contributed by atoms with Gasteiger partial charge in [-0.05, 0) is 25.7 Å². The van der Waals surface area contributed by atoms with Crippen molar-refractivity contribution in [2.24, 2.45) is 0 Å². The van der Waals surface area contributed by atoms with Crippen LogP contribution in [0.5, 0.6) is 0 Å². The molecule has 2 saturated heterocycles. The second kappa shape index (κ2) is 8.35. The summed E-state index contributed by atoms with van der Waals surface area (Å²) in [6.45, 7) is 10.0. The minimum absolute atomic E-state index is 0.231. The van der Waals surface area contributed by atoms with Gasteiger partial charge in [0.15, 0.2) is 0 Å². The fraction of sp³-hybridized carbons (Fsp3) is 0.929. The van der Waals surface area contributed by atoms with Crippen LogP contribution in [-0.4, -0.2) is 54.7 Å². The number of likely N-dealkylation sites (tertiary alicyclic amines) is 1. The van der Waals surface area contributed by atoms with Crippen molar-refractivity contribution in [3.63, 3.8) is 0 Å². The van der Waals surface area contributed by atoms with E-state index in [1.807, 2.05) is 18.7 Å². The molecule has 0 aromatic carbocycles. The molecule has 2 rings (SSSR count). The van der Waals surface area contributed by atoms with Crippen LogP contribution in [0.15, 0.2) is 0 Å². The largest absolute Gasteiger partial charge is 0.378 e. The van der Waals surface area contributed by atoms with Crippen LogP contribution in [0.4, 0.5) is 4.79 Å². The lowest BCUT2D eigenvalue weighted by Gasteiger charge is -2.39. The summed E-state index contributed by atoms with van der Waals surface area (Å²) in [5.74, 6) is 0. The number of carbonyl (C=O) groups excluding carboxylic acids is 1. The smallest absolute Gasteiger partial charge is 0.320 e. The average Bonchev–Trinajstić information content (AvgIpc) is 2.49. The van der Waals surface area contributed by atoms with E-state index in [-0.39, 0.29) is 6.03 Å². The molecule has 18 heavy (non-hydrogen) atoms. The molecule has 106 valence electrons. The molecule has 0 bridgehead atoms. The second-order valence-corrected chi connectivity index (χ2v) is 4.63. The van der Waals surface area contributed by atoms with E-state index >= 15 is 0 Å². The monoisotopic (exact) mass is 256 g/mol. The maximum Gasteiger partial charge on any atom is 0.320 e. The molecule has 2 heterocycles. The number of hydrogen-bond acceptors (Lipinski definition) is 2. The molecule has 1 atom stereocenters. The van der Waals surface area contributed by atoms with E-state index in [0.717, 1.165) is 32.5 Å². The van der Waals surface area contributed by atoms with Gasteiger partial charge in [-0.25, -0.2) is 4.79 Å². The first-order valence-electron chi connectivity index (χ1n) is 7.46. The molecule has 2 fully saturated rings. The van der Waals surface area contributed by atoms with Gasteiger partial charge in [0.1, 0.15) is 0 Å². The molecule has 0 saturated carbocycles. The molecular formula is C14H28N2O2. The Kier molecular flexibility index (Phi) is 7.09. The molecule has 0 aliphatic carbocycles. The van der Waals surface area contributed by atoms with Gasteiger partial charge < -0.3 is 14.5 Å². The summed E-state index contributed by atoms with van der Waals surface area (Å²) < 4.78 is 5.28. The summed E-state index contributed by atoms with van der Waals surface area (Å²) in [4.78, 5) is 16.3. The Morgan fingerprint density at radius 3 is 2.44 bits per heavy atom. The highest BCUT2D eigenvalue weighted by atomic mass is 16.5. The lowest BCUT2D eigenvalue weighted by Crippen LogP contribution is -2.52. The number of morpholine rings is 1. The number of nitrogens with zero attached hydrogens (tertiary/aromatic N) is 2. The number of rotatable bonds is 1. The van der Waals surface area contributed by atoms with Gasteiger partial charge in [-0.1, -0.05) is 20.8 Å². The number of urea groups is 1. The third-order valence-corrected chi connectivity index (χ3v) is 3.63. The van der Waals surface area contributed by atoms with E-state index in [1.54, 1.807) is 0 Å². The summed E-state index contributed by atoms with van der Waals surface area (Å²) in [5, 5.41) is 0. The van der Waals surface area contributed by atoms with Gasteiger partial charge in [0.25, 0.3) is 0 Å². The maximum atomic E-state index is 12.3. The van der Waals surface area contributed by atoms with Gasteiger partial charge in [-0.2, -0.15) is 0 Å². The quantitative estimate of drug-likeness (QED) is 0.722. The average molecular weight is 256 g/mol. The van der Waals surface area contributed by atoms with Gasteiger partial charge in [0.05, 0.1) is 13.2 Å².